The highest BCUT2D eigenvalue weighted by Gasteiger charge is 2.09. The molecule has 0 radical (unpaired) electrons. The molecule has 0 unspecified atom stereocenters. The molecular weight excluding hydrogens is 299 g/mol. The zero-order valence-corrected chi connectivity index (χ0v) is 11.4. The van der Waals surface area contributed by atoms with Gasteiger partial charge in [-0.3, -0.25) is 0 Å². The highest BCUT2D eigenvalue weighted by Crippen LogP contribution is 2.31. The van der Waals surface area contributed by atoms with Gasteiger partial charge < -0.3 is 10.5 Å². The number of ether oxygens (including phenoxy) is 1. The molecule has 2 rings (SSSR count). The Morgan fingerprint density at radius 1 is 1.33 bits per heavy atom. The minimum atomic E-state index is -0.366. The van der Waals surface area contributed by atoms with E-state index in [1.165, 1.54) is 12.1 Å². The maximum absolute atomic E-state index is 13.2. The zero-order valence-electron chi connectivity index (χ0n) is 9.78. The van der Waals surface area contributed by atoms with Crippen LogP contribution in [0.15, 0.2) is 34.8 Å². The molecule has 0 bridgehead atoms. The summed E-state index contributed by atoms with van der Waals surface area (Å²) in [5.41, 5.74) is 7.21. The Bertz CT molecular complexity index is 575. The highest BCUT2D eigenvalue weighted by molar-refractivity contribution is 9.10. The van der Waals surface area contributed by atoms with Gasteiger partial charge in [0.1, 0.15) is 11.6 Å². The van der Waals surface area contributed by atoms with E-state index >= 15 is 0 Å². The molecule has 0 aliphatic heterocycles. The lowest BCUT2D eigenvalue weighted by molar-refractivity contribution is 0.448. The number of aromatic nitrogens is 1. The quantitative estimate of drug-likeness (QED) is 0.943. The lowest BCUT2D eigenvalue weighted by Crippen LogP contribution is -2.02. The van der Waals surface area contributed by atoms with Crippen LogP contribution in [0.1, 0.15) is 11.3 Å². The van der Waals surface area contributed by atoms with Crippen molar-refractivity contribution in [2.24, 2.45) is 5.73 Å². The van der Waals surface area contributed by atoms with Gasteiger partial charge in [0.15, 0.2) is 0 Å². The summed E-state index contributed by atoms with van der Waals surface area (Å²) in [4.78, 5) is 4.26. The van der Waals surface area contributed by atoms with E-state index in [-0.39, 0.29) is 5.82 Å². The summed E-state index contributed by atoms with van der Waals surface area (Å²) in [5.74, 6) is 0.418. The van der Waals surface area contributed by atoms with Crippen molar-refractivity contribution in [1.29, 1.82) is 0 Å². The van der Waals surface area contributed by atoms with Gasteiger partial charge in [-0.15, -0.1) is 0 Å². The molecule has 5 heteroatoms. The lowest BCUT2D eigenvalue weighted by Gasteiger charge is -2.11. The summed E-state index contributed by atoms with van der Waals surface area (Å²) in [6, 6.07) is 7.95. The van der Waals surface area contributed by atoms with Crippen molar-refractivity contribution >= 4 is 15.9 Å². The van der Waals surface area contributed by atoms with Gasteiger partial charge in [-0.1, -0.05) is 6.07 Å². The maximum Gasteiger partial charge on any atom is 0.224 e. The lowest BCUT2D eigenvalue weighted by atomic mass is 10.2. The predicted molar refractivity (Wildman–Crippen MR) is 71.0 cm³/mol. The molecule has 2 N–H and O–H groups in total. The first kappa shape index (κ1) is 13.0. The van der Waals surface area contributed by atoms with Crippen LogP contribution in [0.5, 0.6) is 11.6 Å². The van der Waals surface area contributed by atoms with Crippen molar-refractivity contribution in [3.8, 4) is 11.6 Å². The molecule has 94 valence electrons. The Morgan fingerprint density at radius 2 is 2.11 bits per heavy atom. The van der Waals surface area contributed by atoms with Gasteiger partial charge in [-0.25, -0.2) is 9.37 Å². The summed E-state index contributed by atoms with van der Waals surface area (Å²) in [6.07, 6.45) is 0. The molecule has 2 aromatic rings. The summed E-state index contributed by atoms with van der Waals surface area (Å²) >= 11 is 3.30. The SMILES string of the molecule is Cc1ccc(CN)c(Oc2cc(F)ccc2Br)n1. The first-order valence-electron chi connectivity index (χ1n) is 5.39. The molecule has 1 aromatic carbocycles. The normalized spacial score (nSPS) is 10.4. The van der Waals surface area contributed by atoms with E-state index in [4.69, 9.17) is 10.5 Å². The molecule has 0 aliphatic rings. The van der Waals surface area contributed by atoms with Gasteiger partial charge in [-0.05, 0) is 41.1 Å². The fraction of sp³-hybridized carbons (Fsp3) is 0.154. The van der Waals surface area contributed by atoms with Crippen LogP contribution in [0.25, 0.3) is 0 Å². The zero-order chi connectivity index (χ0) is 13.1. The van der Waals surface area contributed by atoms with Crippen LogP contribution >= 0.6 is 15.9 Å². The van der Waals surface area contributed by atoms with Crippen molar-refractivity contribution in [1.82, 2.24) is 4.98 Å². The van der Waals surface area contributed by atoms with Gasteiger partial charge in [0.25, 0.3) is 0 Å². The summed E-state index contributed by atoms with van der Waals surface area (Å²) < 4.78 is 19.4. The summed E-state index contributed by atoms with van der Waals surface area (Å²) in [5, 5.41) is 0. The Labute approximate surface area is 113 Å². The fourth-order valence-electron chi connectivity index (χ4n) is 1.47. The summed E-state index contributed by atoms with van der Waals surface area (Å²) in [6.45, 7) is 2.17. The average Bonchev–Trinajstić information content (AvgIpc) is 2.34. The maximum atomic E-state index is 13.2. The smallest absolute Gasteiger partial charge is 0.224 e. The molecule has 0 amide bonds. The fourth-order valence-corrected chi connectivity index (χ4v) is 1.79. The van der Waals surface area contributed by atoms with Crippen LogP contribution in [0.3, 0.4) is 0 Å². The predicted octanol–water partition coefficient (Wildman–Crippen LogP) is 3.54. The van der Waals surface area contributed by atoms with Crippen LogP contribution in [-0.2, 0) is 6.54 Å². The second-order valence-corrected chi connectivity index (χ2v) is 4.65. The standard InChI is InChI=1S/C13H12BrFN2O/c1-8-2-3-9(7-16)13(17-8)18-12-6-10(15)4-5-11(12)14/h2-6H,7,16H2,1H3. The number of rotatable bonds is 3. The third-order valence-electron chi connectivity index (χ3n) is 2.40. The van der Waals surface area contributed by atoms with Crippen LogP contribution in [0.2, 0.25) is 0 Å². The molecule has 1 heterocycles. The van der Waals surface area contributed by atoms with E-state index in [9.17, 15) is 4.39 Å². The second kappa shape index (κ2) is 5.46. The topological polar surface area (TPSA) is 48.1 Å². The summed E-state index contributed by atoms with van der Waals surface area (Å²) in [7, 11) is 0. The van der Waals surface area contributed by atoms with Crippen LogP contribution in [0, 0.1) is 12.7 Å². The Kier molecular flexibility index (Phi) is 3.93. The van der Waals surface area contributed by atoms with Gasteiger partial charge in [-0.2, -0.15) is 0 Å². The minimum absolute atomic E-state index is 0.315. The van der Waals surface area contributed by atoms with Gasteiger partial charge in [0.2, 0.25) is 5.88 Å². The Balaban J connectivity index is 2.38. The molecule has 18 heavy (non-hydrogen) atoms. The minimum Gasteiger partial charge on any atom is -0.437 e. The average molecular weight is 311 g/mol. The molecule has 0 saturated heterocycles. The van der Waals surface area contributed by atoms with Gasteiger partial charge in [0.05, 0.1) is 4.47 Å². The van der Waals surface area contributed by atoms with E-state index in [1.807, 2.05) is 19.1 Å². The molecule has 0 atom stereocenters. The number of nitrogens with two attached hydrogens (primary N) is 1. The van der Waals surface area contributed by atoms with E-state index in [2.05, 4.69) is 20.9 Å². The third kappa shape index (κ3) is 2.86. The number of hydrogen-bond donors (Lipinski definition) is 1. The first-order chi connectivity index (χ1) is 8.60. The molecule has 0 saturated carbocycles. The van der Waals surface area contributed by atoms with Gasteiger partial charge >= 0.3 is 0 Å². The van der Waals surface area contributed by atoms with Crippen molar-refractivity contribution in [3.05, 3.63) is 51.9 Å². The number of aryl methyl sites for hydroxylation is 1. The molecule has 0 spiro atoms. The molecule has 0 aliphatic carbocycles. The molecule has 1 aromatic heterocycles. The molecule has 3 nitrogen and oxygen atoms in total. The van der Waals surface area contributed by atoms with Crippen LogP contribution in [-0.4, -0.2) is 4.98 Å². The first-order valence-corrected chi connectivity index (χ1v) is 6.19. The number of nitrogens with zero attached hydrogens (tertiary/aromatic N) is 1. The van der Waals surface area contributed by atoms with Gasteiger partial charge in [0, 0.05) is 23.9 Å². The van der Waals surface area contributed by atoms with E-state index in [0.717, 1.165) is 11.3 Å². The van der Waals surface area contributed by atoms with Crippen molar-refractivity contribution < 1.29 is 9.13 Å². The third-order valence-corrected chi connectivity index (χ3v) is 3.05. The number of halogens is 2. The van der Waals surface area contributed by atoms with Crippen molar-refractivity contribution in [2.45, 2.75) is 13.5 Å². The molecular formula is C13H12BrFN2O. The second-order valence-electron chi connectivity index (χ2n) is 3.80. The van der Waals surface area contributed by atoms with Crippen molar-refractivity contribution in [2.75, 3.05) is 0 Å². The Morgan fingerprint density at radius 3 is 2.83 bits per heavy atom. The van der Waals surface area contributed by atoms with Crippen LogP contribution < -0.4 is 10.5 Å². The number of benzene rings is 1. The molecule has 0 fully saturated rings. The van der Waals surface area contributed by atoms with Crippen molar-refractivity contribution in [3.63, 3.8) is 0 Å². The Hall–Kier alpha value is -1.46. The highest BCUT2D eigenvalue weighted by atomic mass is 79.9. The largest absolute Gasteiger partial charge is 0.437 e. The van der Waals surface area contributed by atoms with E-state index in [0.29, 0.717) is 22.6 Å². The number of pyridine rings is 1. The van der Waals surface area contributed by atoms with E-state index < -0.39 is 0 Å². The monoisotopic (exact) mass is 310 g/mol. The number of hydrogen-bond acceptors (Lipinski definition) is 3. The van der Waals surface area contributed by atoms with Crippen LogP contribution in [0.4, 0.5) is 4.39 Å². The van der Waals surface area contributed by atoms with E-state index in [1.54, 1.807) is 6.07 Å².